The Morgan fingerprint density at radius 3 is 1.45 bits per heavy atom. The molecular weight excluding hydrogens is 444 g/mol. The zero-order valence-corrected chi connectivity index (χ0v) is 18.6. The Morgan fingerprint density at radius 1 is 0.727 bits per heavy atom. The van der Waals surface area contributed by atoms with Crippen LogP contribution in [0.1, 0.15) is 46.5 Å². The van der Waals surface area contributed by atoms with E-state index in [0.717, 1.165) is 0 Å². The van der Waals surface area contributed by atoms with E-state index in [9.17, 15) is 39.0 Å². The fourth-order valence-electron chi connectivity index (χ4n) is 2.60. The van der Waals surface area contributed by atoms with Crippen LogP contribution in [0.3, 0.4) is 0 Å². The van der Waals surface area contributed by atoms with Gasteiger partial charge in [0.2, 0.25) is 17.7 Å². The van der Waals surface area contributed by atoms with Crippen LogP contribution < -0.4 is 21.7 Å². The van der Waals surface area contributed by atoms with Gasteiger partial charge in [0.25, 0.3) is 0 Å². The van der Waals surface area contributed by atoms with Gasteiger partial charge in [-0.15, -0.1) is 0 Å². The number of hydrogen-bond donors (Lipinski definition) is 8. The maximum atomic E-state index is 12.7. The van der Waals surface area contributed by atoms with E-state index in [1.54, 1.807) is 0 Å². The third-order valence-corrected chi connectivity index (χ3v) is 4.61. The summed E-state index contributed by atoms with van der Waals surface area (Å²) in [6, 6.07) is -5.69. The minimum Gasteiger partial charge on any atom is -0.481 e. The smallest absolute Gasteiger partial charge is 0.326 e. The Balaban J connectivity index is 5.63. The number of carboxylic acids is 3. The van der Waals surface area contributed by atoms with Crippen molar-refractivity contribution in [2.45, 2.75) is 76.7 Å². The first-order chi connectivity index (χ1) is 15.2. The number of amides is 3. The second-order valence-corrected chi connectivity index (χ2v) is 7.82. The van der Waals surface area contributed by atoms with Gasteiger partial charge in [0.1, 0.15) is 24.2 Å². The normalized spacial score (nSPS) is 15.5. The number of hydrogen-bond acceptors (Lipinski definition) is 8. The average molecular weight is 476 g/mol. The van der Waals surface area contributed by atoms with Crippen molar-refractivity contribution in [3.8, 4) is 0 Å². The molecule has 0 aromatic carbocycles. The van der Waals surface area contributed by atoms with Crippen LogP contribution in [-0.2, 0) is 28.8 Å². The summed E-state index contributed by atoms with van der Waals surface area (Å²) in [5.74, 6) is -7.33. The molecule has 3 amide bonds. The highest BCUT2D eigenvalue weighted by Crippen LogP contribution is 2.07. The van der Waals surface area contributed by atoms with E-state index < -0.39 is 97.5 Å². The summed E-state index contributed by atoms with van der Waals surface area (Å²) in [6.45, 7) is 4.30. The monoisotopic (exact) mass is 476 g/mol. The second kappa shape index (κ2) is 14.0. The summed E-state index contributed by atoms with van der Waals surface area (Å²) in [6.07, 6.45) is -3.15. The topological polar surface area (TPSA) is 245 Å². The first-order valence-corrected chi connectivity index (χ1v) is 10.2. The van der Waals surface area contributed by atoms with Crippen LogP contribution >= 0.6 is 0 Å². The van der Waals surface area contributed by atoms with Gasteiger partial charge in [-0.05, 0) is 25.7 Å². The summed E-state index contributed by atoms with van der Waals surface area (Å²) in [5, 5.41) is 43.2. The third-order valence-electron chi connectivity index (χ3n) is 4.61. The minimum atomic E-state index is -1.48. The lowest BCUT2D eigenvalue weighted by Gasteiger charge is -2.26. The number of carbonyl (C=O) groups is 6. The second-order valence-electron chi connectivity index (χ2n) is 7.82. The van der Waals surface area contributed by atoms with Crippen LogP contribution in [0.4, 0.5) is 0 Å². The Bertz CT molecular complexity index is 740. The summed E-state index contributed by atoms with van der Waals surface area (Å²) < 4.78 is 0. The maximum Gasteiger partial charge on any atom is 0.326 e. The van der Waals surface area contributed by atoms with Crippen LogP contribution in [0.5, 0.6) is 0 Å². The molecule has 0 unspecified atom stereocenters. The average Bonchev–Trinajstić information content (AvgIpc) is 2.69. The van der Waals surface area contributed by atoms with Crippen LogP contribution in [0.15, 0.2) is 0 Å². The lowest BCUT2D eigenvalue weighted by molar-refractivity contribution is -0.144. The number of nitrogens with one attached hydrogen (secondary N) is 3. The van der Waals surface area contributed by atoms with E-state index in [1.807, 2.05) is 0 Å². The number of nitrogens with two attached hydrogens (primary N) is 1. The highest BCUT2D eigenvalue weighted by atomic mass is 16.4. The number of aliphatic hydroxyl groups excluding tert-OH is 1. The molecule has 0 spiro atoms. The van der Waals surface area contributed by atoms with Crippen LogP contribution in [0.2, 0.25) is 0 Å². The van der Waals surface area contributed by atoms with Gasteiger partial charge in [-0.2, -0.15) is 0 Å². The standard InChI is InChI=1S/C19H32N4O10/c1-8(2)15(19(32)33)23-17(30)11(5-7-13(27)28)21-16(29)10(4-6-12(25)26)22-18(31)14(20)9(3)24/h8-11,14-15,24H,4-7,20H2,1-3H3,(H,21,29)(H,22,31)(H,23,30)(H,25,26)(H,27,28)(H,32,33)/t9-,10+,11+,14+,15+/m1/s1. The van der Waals surface area contributed by atoms with Crippen molar-refractivity contribution >= 4 is 35.6 Å². The van der Waals surface area contributed by atoms with Gasteiger partial charge >= 0.3 is 17.9 Å². The predicted molar refractivity (Wildman–Crippen MR) is 112 cm³/mol. The molecular formula is C19H32N4O10. The predicted octanol–water partition coefficient (Wildman–Crippen LogP) is -2.38. The van der Waals surface area contributed by atoms with Gasteiger partial charge in [-0.25, -0.2) is 4.79 Å². The number of rotatable bonds is 15. The molecule has 188 valence electrons. The molecule has 0 aliphatic heterocycles. The lowest BCUT2D eigenvalue weighted by Crippen LogP contribution is -2.58. The van der Waals surface area contributed by atoms with E-state index in [4.69, 9.17) is 15.9 Å². The first-order valence-electron chi connectivity index (χ1n) is 10.2. The molecule has 0 radical (unpaired) electrons. The molecule has 0 rings (SSSR count). The highest BCUT2D eigenvalue weighted by Gasteiger charge is 2.32. The molecule has 0 fully saturated rings. The molecule has 9 N–H and O–H groups in total. The molecule has 0 saturated carbocycles. The molecule has 0 heterocycles. The maximum absolute atomic E-state index is 12.7. The molecule has 0 bridgehead atoms. The molecule has 0 saturated heterocycles. The van der Waals surface area contributed by atoms with E-state index in [-0.39, 0.29) is 0 Å². The molecule has 14 nitrogen and oxygen atoms in total. The van der Waals surface area contributed by atoms with Crippen LogP contribution in [-0.4, -0.2) is 86.3 Å². The van der Waals surface area contributed by atoms with E-state index in [0.29, 0.717) is 0 Å². The quantitative estimate of drug-likeness (QED) is 0.124. The lowest BCUT2D eigenvalue weighted by atomic mass is 10.0. The van der Waals surface area contributed by atoms with Crippen molar-refractivity contribution in [3.05, 3.63) is 0 Å². The summed E-state index contributed by atoms with van der Waals surface area (Å²) in [5.41, 5.74) is 5.51. The molecule has 0 aliphatic carbocycles. The van der Waals surface area contributed by atoms with Gasteiger partial charge < -0.3 is 42.1 Å². The Hall–Kier alpha value is -3.26. The fourth-order valence-corrected chi connectivity index (χ4v) is 2.60. The highest BCUT2D eigenvalue weighted by molar-refractivity contribution is 5.94. The van der Waals surface area contributed by atoms with Crippen molar-refractivity contribution in [1.82, 2.24) is 16.0 Å². The van der Waals surface area contributed by atoms with Crippen molar-refractivity contribution in [2.24, 2.45) is 11.7 Å². The van der Waals surface area contributed by atoms with Gasteiger partial charge in [0.05, 0.1) is 6.10 Å². The van der Waals surface area contributed by atoms with Crippen molar-refractivity contribution in [3.63, 3.8) is 0 Å². The number of carbonyl (C=O) groups excluding carboxylic acids is 3. The number of carboxylic acid groups (broad SMARTS) is 3. The largest absolute Gasteiger partial charge is 0.481 e. The number of aliphatic carboxylic acids is 3. The summed E-state index contributed by atoms with van der Waals surface area (Å²) in [7, 11) is 0. The molecule has 33 heavy (non-hydrogen) atoms. The van der Waals surface area contributed by atoms with Crippen molar-refractivity contribution in [1.29, 1.82) is 0 Å². The molecule has 5 atom stereocenters. The van der Waals surface area contributed by atoms with Gasteiger partial charge in [0, 0.05) is 12.8 Å². The summed E-state index contributed by atoms with van der Waals surface area (Å²) in [4.78, 5) is 70.7. The van der Waals surface area contributed by atoms with Crippen molar-refractivity contribution < 1.29 is 49.2 Å². The Kier molecular flexibility index (Phi) is 12.6. The Morgan fingerprint density at radius 2 is 1.12 bits per heavy atom. The van der Waals surface area contributed by atoms with E-state index >= 15 is 0 Å². The molecule has 0 aromatic heterocycles. The third kappa shape index (κ3) is 11.2. The molecule has 14 heteroatoms. The van der Waals surface area contributed by atoms with E-state index in [2.05, 4.69) is 16.0 Å². The first kappa shape index (κ1) is 29.7. The zero-order chi connectivity index (χ0) is 25.9. The van der Waals surface area contributed by atoms with Crippen LogP contribution in [0.25, 0.3) is 0 Å². The van der Waals surface area contributed by atoms with E-state index in [1.165, 1.54) is 20.8 Å². The Labute approximate surface area is 189 Å². The molecule has 0 aromatic rings. The van der Waals surface area contributed by atoms with Gasteiger partial charge in [-0.1, -0.05) is 13.8 Å². The number of aliphatic hydroxyl groups is 1. The zero-order valence-electron chi connectivity index (χ0n) is 18.6. The van der Waals surface area contributed by atoms with Gasteiger partial charge in [-0.3, -0.25) is 24.0 Å². The van der Waals surface area contributed by atoms with Crippen LogP contribution in [0, 0.1) is 5.92 Å². The van der Waals surface area contributed by atoms with Gasteiger partial charge in [0.15, 0.2) is 0 Å². The molecule has 0 aliphatic rings. The van der Waals surface area contributed by atoms with Crippen molar-refractivity contribution in [2.75, 3.05) is 0 Å². The SMILES string of the molecule is CC(C)[C@H](NC(=O)[C@H](CCC(=O)O)NC(=O)[C@H](CCC(=O)O)NC(=O)[C@@H](N)[C@@H](C)O)C(=O)O. The summed E-state index contributed by atoms with van der Waals surface area (Å²) >= 11 is 0. The minimum absolute atomic E-state index is 0.392. The fraction of sp³-hybridized carbons (Fsp3) is 0.684.